The molecule has 0 aromatic heterocycles. The quantitative estimate of drug-likeness (QED) is 0.899. The highest BCUT2D eigenvalue weighted by atomic mass is 35.5. The number of nitrogens with one attached hydrogen (secondary N) is 1. The molecule has 1 aliphatic heterocycles. The van der Waals surface area contributed by atoms with Gasteiger partial charge in [-0.2, -0.15) is 0 Å². The van der Waals surface area contributed by atoms with E-state index in [1.165, 1.54) is 0 Å². The minimum Gasteiger partial charge on any atom is -0.347 e. The molecule has 1 fully saturated rings. The maximum absolute atomic E-state index is 12.4. The predicted molar refractivity (Wildman–Crippen MR) is 90.1 cm³/mol. The van der Waals surface area contributed by atoms with E-state index in [0.29, 0.717) is 10.6 Å². The van der Waals surface area contributed by atoms with Gasteiger partial charge in [0, 0.05) is 18.6 Å². The number of rotatable bonds is 2. The number of aryl methyl sites for hydroxylation is 1. The summed E-state index contributed by atoms with van der Waals surface area (Å²) in [6.45, 7) is 10.1. The lowest BCUT2D eigenvalue weighted by Crippen LogP contribution is -2.52. The van der Waals surface area contributed by atoms with E-state index in [1.54, 1.807) is 6.07 Å². The first-order valence-electron chi connectivity index (χ1n) is 7.67. The van der Waals surface area contributed by atoms with Crippen molar-refractivity contribution in [3.05, 3.63) is 34.3 Å². The molecule has 0 aliphatic carbocycles. The lowest BCUT2D eigenvalue weighted by Gasteiger charge is -2.38. The summed E-state index contributed by atoms with van der Waals surface area (Å²) in [5, 5.41) is 3.69. The number of halogens is 1. The third kappa shape index (κ3) is 4.72. The number of piperidine rings is 1. The van der Waals surface area contributed by atoms with Crippen LogP contribution in [0.25, 0.3) is 0 Å². The number of benzene rings is 1. The van der Waals surface area contributed by atoms with E-state index in [9.17, 15) is 4.79 Å². The highest BCUT2D eigenvalue weighted by Gasteiger charge is 2.31. The van der Waals surface area contributed by atoms with Crippen molar-refractivity contribution < 1.29 is 4.79 Å². The maximum atomic E-state index is 12.4. The van der Waals surface area contributed by atoms with E-state index in [2.05, 4.69) is 24.2 Å². The van der Waals surface area contributed by atoms with Crippen molar-refractivity contribution >= 4 is 17.5 Å². The molecule has 0 saturated carbocycles. The first-order valence-corrected chi connectivity index (χ1v) is 8.05. The van der Waals surface area contributed by atoms with Gasteiger partial charge in [0.1, 0.15) is 0 Å². The van der Waals surface area contributed by atoms with Crippen molar-refractivity contribution in [1.82, 2.24) is 10.2 Å². The number of carbonyl (C=O) groups excluding carboxylic acids is 1. The minimum absolute atomic E-state index is 0.0600. The van der Waals surface area contributed by atoms with Crippen LogP contribution in [0.15, 0.2) is 18.2 Å². The highest BCUT2D eigenvalue weighted by molar-refractivity contribution is 6.34. The third-order valence-corrected chi connectivity index (χ3v) is 4.27. The van der Waals surface area contributed by atoms with Gasteiger partial charge in [0.05, 0.1) is 10.6 Å². The molecule has 21 heavy (non-hydrogen) atoms. The second kappa shape index (κ2) is 7.81. The Morgan fingerprint density at radius 1 is 1.29 bits per heavy atom. The first kappa shape index (κ1) is 18.0. The summed E-state index contributed by atoms with van der Waals surface area (Å²) in [7, 11) is 2.11. The number of likely N-dealkylation sites (tertiary alicyclic amines) is 1. The molecule has 4 heteroatoms. The monoisotopic (exact) mass is 310 g/mol. The molecule has 0 spiro atoms. The second-order valence-electron chi connectivity index (χ2n) is 5.75. The van der Waals surface area contributed by atoms with Gasteiger partial charge in [-0.25, -0.2) is 0 Å². The van der Waals surface area contributed by atoms with Gasteiger partial charge in [0.2, 0.25) is 0 Å². The van der Waals surface area contributed by atoms with Gasteiger partial charge in [-0.3, -0.25) is 4.79 Å². The summed E-state index contributed by atoms with van der Waals surface area (Å²) in [4.78, 5) is 14.7. The van der Waals surface area contributed by atoms with Gasteiger partial charge >= 0.3 is 0 Å². The highest BCUT2D eigenvalue weighted by Crippen LogP contribution is 2.24. The molecule has 0 radical (unpaired) electrons. The topological polar surface area (TPSA) is 32.3 Å². The Morgan fingerprint density at radius 2 is 1.86 bits per heavy atom. The first-order chi connectivity index (χ1) is 9.91. The van der Waals surface area contributed by atoms with Crippen LogP contribution in [0.5, 0.6) is 0 Å². The average molecular weight is 311 g/mol. The number of hydrogen-bond acceptors (Lipinski definition) is 2. The second-order valence-corrected chi connectivity index (χ2v) is 6.16. The molecule has 0 atom stereocenters. The van der Waals surface area contributed by atoms with Gasteiger partial charge in [-0.15, -0.1) is 0 Å². The summed E-state index contributed by atoms with van der Waals surface area (Å²) in [6.07, 6.45) is 1.94. The van der Waals surface area contributed by atoms with Crippen LogP contribution in [-0.2, 0) is 0 Å². The molecule has 1 heterocycles. The Labute approximate surface area is 133 Å². The lowest BCUT2D eigenvalue weighted by molar-refractivity contribution is 0.0851. The SMILES string of the molecule is CC.Cc1cccc(Cl)c1C(=O)NC1(C)CCN(C)CC1. The molecule has 3 nitrogen and oxygen atoms in total. The van der Waals surface area contributed by atoms with Crippen LogP contribution in [-0.4, -0.2) is 36.5 Å². The molecule has 1 saturated heterocycles. The molecule has 0 bridgehead atoms. The van der Waals surface area contributed by atoms with Crippen LogP contribution < -0.4 is 5.32 Å². The van der Waals surface area contributed by atoms with E-state index in [-0.39, 0.29) is 11.4 Å². The summed E-state index contributed by atoms with van der Waals surface area (Å²) >= 11 is 6.14. The lowest BCUT2D eigenvalue weighted by atomic mass is 9.89. The van der Waals surface area contributed by atoms with Gasteiger partial charge in [0.25, 0.3) is 5.91 Å². The van der Waals surface area contributed by atoms with Crippen LogP contribution in [0, 0.1) is 6.92 Å². The van der Waals surface area contributed by atoms with Crippen LogP contribution in [0.3, 0.4) is 0 Å². The molecule has 1 N–H and O–H groups in total. The largest absolute Gasteiger partial charge is 0.347 e. The Morgan fingerprint density at radius 3 is 2.38 bits per heavy atom. The van der Waals surface area contributed by atoms with Crippen molar-refractivity contribution in [2.45, 2.75) is 46.1 Å². The van der Waals surface area contributed by atoms with Crippen LogP contribution >= 0.6 is 11.6 Å². The standard InChI is InChI=1S/C15H21ClN2O.C2H6/c1-11-5-4-6-12(16)13(11)14(19)17-15(2)7-9-18(3)10-8-15;1-2/h4-6H,7-10H2,1-3H3,(H,17,19);1-2H3. The van der Waals surface area contributed by atoms with E-state index in [1.807, 2.05) is 32.9 Å². The van der Waals surface area contributed by atoms with Crippen molar-refractivity contribution in [2.75, 3.05) is 20.1 Å². The molecule has 1 aromatic rings. The minimum atomic E-state index is -0.130. The van der Waals surface area contributed by atoms with E-state index in [0.717, 1.165) is 31.5 Å². The fourth-order valence-electron chi connectivity index (χ4n) is 2.49. The normalized spacial score (nSPS) is 17.6. The summed E-state index contributed by atoms with van der Waals surface area (Å²) in [5.41, 5.74) is 1.39. The fraction of sp³-hybridized carbons (Fsp3) is 0.588. The van der Waals surface area contributed by atoms with Crippen molar-refractivity contribution in [3.63, 3.8) is 0 Å². The number of amides is 1. The van der Waals surface area contributed by atoms with Crippen molar-refractivity contribution in [1.29, 1.82) is 0 Å². The van der Waals surface area contributed by atoms with E-state index in [4.69, 9.17) is 11.6 Å². The van der Waals surface area contributed by atoms with Crippen LogP contribution in [0.2, 0.25) is 5.02 Å². The molecule has 0 unspecified atom stereocenters. The molecular formula is C17H27ClN2O. The summed E-state index contributed by atoms with van der Waals surface area (Å²) in [5.74, 6) is -0.0600. The zero-order valence-electron chi connectivity index (χ0n) is 13.8. The van der Waals surface area contributed by atoms with Gasteiger partial charge in [-0.05, 0) is 45.4 Å². The predicted octanol–water partition coefficient (Wildman–Crippen LogP) is 3.89. The van der Waals surface area contributed by atoms with Crippen molar-refractivity contribution in [2.24, 2.45) is 0 Å². The molecular weight excluding hydrogens is 284 g/mol. The van der Waals surface area contributed by atoms with Gasteiger partial charge in [0.15, 0.2) is 0 Å². The number of carbonyl (C=O) groups is 1. The zero-order valence-corrected chi connectivity index (χ0v) is 14.5. The number of hydrogen-bond donors (Lipinski definition) is 1. The van der Waals surface area contributed by atoms with E-state index >= 15 is 0 Å². The zero-order chi connectivity index (χ0) is 16.0. The molecule has 118 valence electrons. The maximum Gasteiger partial charge on any atom is 0.253 e. The van der Waals surface area contributed by atoms with Gasteiger partial charge in [-0.1, -0.05) is 37.6 Å². The van der Waals surface area contributed by atoms with Crippen molar-refractivity contribution in [3.8, 4) is 0 Å². The Bertz CT molecular complexity index is 459. The third-order valence-electron chi connectivity index (χ3n) is 3.95. The molecule has 1 aliphatic rings. The molecule has 1 amide bonds. The molecule has 1 aromatic carbocycles. The smallest absolute Gasteiger partial charge is 0.253 e. The van der Waals surface area contributed by atoms with E-state index < -0.39 is 0 Å². The van der Waals surface area contributed by atoms with Crippen LogP contribution in [0.1, 0.15) is 49.5 Å². The molecule has 2 rings (SSSR count). The fourth-order valence-corrected chi connectivity index (χ4v) is 2.80. The Hall–Kier alpha value is -1.06. The summed E-state index contributed by atoms with van der Waals surface area (Å²) < 4.78 is 0. The summed E-state index contributed by atoms with van der Waals surface area (Å²) in [6, 6.07) is 5.55. The average Bonchev–Trinajstić information content (AvgIpc) is 2.44. The van der Waals surface area contributed by atoms with Crippen LogP contribution in [0.4, 0.5) is 0 Å². The number of nitrogens with zero attached hydrogens (tertiary/aromatic N) is 1. The Balaban J connectivity index is 0.00000106. The van der Waals surface area contributed by atoms with Gasteiger partial charge < -0.3 is 10.2 Å². The Kier molecular flexibility index (Phi) is 6.69.